The van der Waals surface area contributed by atoms with Crippen molar-refractivity contribution in [3.05, 3.63) is 42.0 Å². The van der Waals surface area contributed by atoms with E-state index in [0.29, 0.717) is 11.3 Å². The topological polar surface area (TPSA) is 78.5 Å². The molecule has 3 rings (SSSR count). The molecule has 1 fully saturated rings. The van der Waals surface area contributed by atoms with Crippen LogP contribution in [-0.4, -0.2) is 41.8 Å². The van der Waals surface area contributed by atoms with Gasteiger partial charge in [0, 0.05) is 35.8 Å². The second kappa shape index (κ2) is 8.17. The molecule has 1 aromatic carbocycles. The lowest BCUT2D eigenvalue weighted by Gasteiger charge is -2.22. The van der Waals surface area contributed by atoms with Gasteiger partial charge in [-0.25, -0.2) is 0 Å². The summed E-state index contributed by atoms with van der Waals surface area (Å²) in [6.07, 6.45) is 5.68. The molecule has 6 nitrogen and oxygen atoms in total. The largest absolute Gasteiger partial charge is 0.352 e. The van der Waals surface area contributed by atoms with Crippen LogP contribution in [0, 0.1) is 0 Å². The second-order valence-corrected chi connectivity index (χ2v) is 6.88. The smallest absolute Gasteiger partial charge is 0.258 e. The monoisotopic (exact) mass is 355 g/mol. The van der Waals surface area contributed by atoms with E-state index < -0.39 is 0 Å². The first-order chi connectivity index (χ1) is 12.6. The Kier molecular flexibility index (Phi) is 5.71. The van der Waals surface area contributed by atoms with Gasteiger partial charge in [0.2, 0.25) is 11.8 Å². The third-order valence-electron chi connectivity index (χ3n) is 5.02. The molecule has 2 aliphatic rings. The summed E-state index contributed by atoms with van der Waals surface area (Å²) in [7, 11) is 0. The maximum absolute atomic E-state index is 12.4. The molecule has 0 saturated heterocycles. The fraction of sp³-hybridized carbons (Fsp3) is 0.450. The molecule has 0 radical (unpaired) electrons. The summed E-state index contributed by atoms with van der Waals surface area (Å²) in [5.41, 5.74) is 2.04. The Morgan fingerprint density at radius 3 is 2.46 bits per heavy atom. The predicted octanol–water partition coefficient (Wildman–Crippen LogP) is 2.07. The molecule has 1 heterocycles. The lowest BCUT2D eigenvalue weighted by molar-refractivity contribution is -0.126. The van der Waals surface area contributed by atoms with Crippen molar-refractivity contribution in [2.45, 2.75) is 44.6 Å². The fourth-order valence-electron chi connectivity index (χ4n) is 3.58. The maximum atomic E-state index is 12.4. The summed E-state index contributed by atoms with van der Waals surface area (Å²) in [5.74, 6) is -0.534. The average molecular weight is 355 g/mol. The first-order valence-corrected chi connectivity index (χ1v) is 9.22. The first-order valence-electron chi connectivity index (χ1n) is 9.22. The maximum Gasteiger partial charge on any atom is 0.258 e. The fourth-order valence-corrected chi connectivity index (χ4v) is 3.58. The Morgan fingerprint density at radius 2 is 1.77 bits per heavy atom. The third-order valence-corrected chi connectivity index (χ3v) is 5.02. The summed E-state index contributed by atoms with van der Waals surface area (Å²) in [6, 6.07) is 7.52. The molecule has 138 valence electrons. The summed E-state index contributed by atoms with van der Waals surface area (Å²) in [4.78, 5) is 37.8. The van der Waals surface area contributed by atoms with E-state index in [1.54, 1.807) is 6.07 Å². The van der Waals surface area contributed by atoms with Crippen molar-refractivity contribution in [3.8, 4) is 0 Å². The number of hydrogen-bond donors (Lipinski definition) is 2. The number of nitrogens with zero attached hydrogens (tertiary/aromatic N) is 1. The second-order valence-electron chi connectivity index (χ2n) is 6.88. The van der Waals surface area contributed by atoms with Crippen molar-refractivity contribution in [3.63, 3.8) is 0 Å². The van der Waals surface area contributed by atoms with E-state index in [1.807, 2.05) is 18.2 Å². The number of nitrogens with one attached hydrogen (secondary N) is 2. The highest BCUT2D eigenvalue weighted by molar-refractivity contribution is 6.08. The molecular weight excluding hydrogens is 330 g/mol. The summed E-state index contributed by atoms with van der Waals surface area (Å²) in [5, 5.41) is 5.59. The van der Waals surface area contributed by atoms with Gasteiger partial charge in [-0.1, -0.05) is 44.0 Å². The molecule has 1 aliphatic carbocycles. The van der Waals surface area contributed by atoms with Crippen LogP contribution < -0.4 is 10.6 Å². The Balaban J connectivity index is 1.41. The van der Waals surface area contributed by atoms with Gasteiger partial charge in [-0.2, -0.15) is 0 Å². The number of carbonyl (C=O) groups excluding carboxylic acids is 3. The van der Waals surface area contributed by atoms with E-state index in [9.17, 15) is 14.4 Å². The number of carbonyl (C=O) groups is 3. The standard InChI is InChI=1S/C20H25N3O3/c1-14-16-9-5-6-10-17(16)20(26)23(14)12-11-18(24)21-13-19(25)22-15-7-3-2-4-8-15/h5-6,9-10,15H,1-4,7-8,11-13H2,(H,21,24)(H,22,25). The minimum Gasteiger partial charge on any atom is -0.352 e. The van der Waals surface area contributed by atoms with Crippen LogP contribution in [0.25, 0.3) is 5.70 Å². The molecule has 0 spiro atoms. The molecule has 0 atom stereocenters. The Hall–Kier alpha value is -2.63. The van der Waals surface area contributed by atoms with E-state index in [0.717, 1.165) is 31.2 Å². The highest BCUT2D eigenvalue weighted by atomic mass is 16.2. The molecular formula is C20H25N3O3. The van der Waals surface area contributed by atoms with Gasteiger partial charge >= 0.3 is 0 Å². The van der Waals surface area contributed by atoms with Crippen LogP contribution in [0.1, 0.15) is 54.4 Å². The van der Waals surface area contributed by atoms with Gasteiger partial charge in [-0.05, 0) is 18.9 Å². The Morgan fingerprint density at radius 1 is 1.08 bits per heavy atom. The highest BCUT2D eigenvalue weighted by Gasteiger charge is 2.30. The zero-order chi connectivity index (χ0) is 18.5. The SMILES string of the molecule is C=C1c2ccccc2C(=O)N1CCC(=O)NCC(=O)NC1CCCCC1. The van der Waals surface area contributed by atoms with Gasteiger partial charge in [-0.3, -0.25) is 14.4 Å². The van der Waals surface area contributed by atoms with Crippen molar-refractivity contribution >= 4 is 23.4 Å². The normalized spacial score (nSPS) is 17.2. The summed E-state index contributed by atoms with van der Waals surface area (Å²) < 4.78 is 0. The Labute approximate surface area is 153 Å². The van der Waals surface area contributed by atoms with Gasteiger partial charge in [0.15, 0.2) is 0 Å². The Bertz CT molecular complexity index is 688. The molecule has 1 saturated carbocycles. The number of fused-ring (bicyclic) bond motifs is 1. The molecule has 0 aromatic heterocycles. The van der Waals surface area contributed by atoms with Crippen LogP contribution in [0.2, 0.25) is 0 Å². The van der Waals surface area contributed by atoms with Crippen molar-refractivity contribution in [2.24, 2.45) is 0 Å². The molecule has 2 N–H and O–H groups in total. The highest BCUT2D eigenvalue weighted by Crippen LogP contribution is 2.30. The number of amides is 3. The molecule has 3 amide bonds. The quantitative estimate of drug-likeness (QED) is 0.820. The number of rotatable bonds is 6. The molecule has 0 unspecified atom stereocenters. The van der Waals surface area contributed by atoms with Crippen LogP contribution in [0.3, 0.4) is 0 Å². The van der Waals surface area contributed by atoms with Crippen LogP contribution in [0.15, 0.2) is 30.8 Å². The molecule has 1 aliphatic heterocycles. The van der Waals surface area contributed by atoms with Crippen molar-refractivity contribution in [1.29, 1.82) is 0 Å². The van der Waals surface area contributed by atoms with Gasteiger partial charge < -0.3 is 15.5 Å². The van der Waals surface area contributed by atoms with E-state index in [1.165, 1.54) is 11.3 Å². The van der Waals surface area contributed by atoms with Gasteiger partial charge in [0.25, 0.3) is 5.91 Å². The van der Waals surface area contributed by atoms with Crippen LogP contribution in [-0.2, 0) is 9.59 Å². The predicted molar refractivity (Wildman–Crippen MR) is 99.2 cm³/mol. The van der Waals surface area contributed by atoms with E-state index in [-0.39, 0.29) is 43.3 Å². The van der Waals surface area contributed by atoms with Crippen LogP contribution >= 0.6 is 0 Å². The van der Waals surface area contributed by atoms with Gasteiger partial charge in [-0.15, -0.1) is 0 Å². The average Bonchev–Trinajstić information content (AvgIpc) is 2.90. The molecule has 26 heavy (non-hydrogen) atoms. The van der Waals surface area contributed by atoms with Crippen molar-refractivity contribution in [2.75, 3.05) is 13.1 Å². The zero-order valence-electron chi connectivity index (χ0n) is 14.9. The first kappa shape index (κ1) is 18.2. The molecule has 0 bridgehead atoms. The summed E-state index contributed by atoms with van der Waals surface area (Å²) in [6.45, 7) is 4.18. The zero-order valence-corrected chi connectivity index (χ0v) is 14.9. The van der Waals surface area contributed by atoms with E-state index >= 15 is 0 Å². The minimum absolute atomic E-state index is 0.0234. The van der Waals surface area contributed by atoms with Gasteiger partial charge in [0.1, 0.15) is 0 Å². The van der Waals surface area contributed by atoms with Crippen molar-refractivity contribution < 1.29 is 14.4 Å². The van der Waals surface area contributed by atoms with Gasteiger partial charge in [0.05, 0.1) is 6.54 Å². The lowest BCUT2D eigenvalue weighted by atomic mass is 9.95. The number of benzene rings is 1. The van der Waals surface area contributed by atoms with Crippen molar-refractivity contribution in [1.82, 2.24) is 15.5 Å². The van der Waals surface area contributed by atoms with E-state index in [2.05, 4.69) is 17.2 Å². The van der Waals surface area contributed by atoms with Crippen LogP contribution in [0.4, 0.5) is 0 Å². The molecule has 1 aromatic rings. The third kappa shape index (κ3) is 4.12. The summed E-state index contributed by atoms with van der Waals surface area (Å²) >= 11 is 0. The molecule has 6 heteroatoms. The van der Waals surface area contributed by atoms with Crippen LogP contribution in [0.5, 0.6) is 0 Å². The number of hydrogen-bond acceptors (Lipinski definition) is 3. The van der Waals surface area contributed by atoms with E-state index in [4.69, 9.17) is 0 Å². The lowest BCUT2D eigenvalue weighted by Crippen LogP contribution is -2.43. The minimum atomic E-state index is -0.250.